The molecule has 1 rings (SSSR count). The van der Waals surface area contributed by atoms with Crippen LogP contribution in [-0.4, -0.2) is 18.5 Å². The van der Waals surface area contributed by atoms with Gasteiger partial charge in [0.05, 0.1) is 0 Å². The van der Waals surface area contributed by atoms with Gasteiger partial charge in [-0.2, -0.15) is 0 Å². The fourth-order valence-electron chi connectivity index (χ4n) is 2.16. The highest BCUT2D eigenvalue weighted by atomic mass is 16.5. The predicted molar refractivity (Wildman–Crippen MR) is 75.5 cm³/mol. The van der Waals surface area contributed by atoms with E-state index >= 15 is 0 Å². The summed E-state index contributed by atoms with van der Waals surface area (Å²) in [5.41, 5.74) is 3.33. The predicted octanol–water partition coefficient (Wildman–Crippen LogP) is 3.98. The lowest BCUT2D eigenvalue weighted by Gasteiger charge is -2.38. The van der Waals surface area contributed by atoms with E-state index in [1.165, 1.54) is 5.57 Å². The van der Waals surface area contributed by atoms with E-state index in [1.807, 2.05) is 26.8 Å². The molecule has 100 valence electrons. The SMILES string of the molecule is C=C(C)/C(=C/C1=C(C)C(C)(OC)C1=O)CCCC. The van der Waals surface area contributed by atoms with Gasteiger partial charge in [0.15, 0.2) is 5.78 Å². The number of carbonyl (C=O) groups excluding carboxylic acids is 1. The quantitative estimate of drug-likeness (QED) is 0.664. The van der Waals surface area contributed by atoms with Crippen molar-refractivity contribution >= 4 is 5.78 Å². The Morgan fingerprint density at radius 1 is 1.50 bits per heavy atom. The lowest BCUT2D eigenvalue weighted by atomic mass is 9.73. The van der Waals surface area contributed by atoms with Gasteiger partial charge >= 0.3 is 0 Å². The number of allylic oxidation sites excluding steroid dienone is 3. The van der Waals surface area contributed by atoms with Gasteiger partial charge in [0.1, 0.15) is 5.60 Å². The first-order valence-corrected chi connectivity index (χ1v) is 6.56. The number of rotatable bonds is 6. The maximum Gasteiger partial charge on any atom is 0.198 e. The average molecular weight is 248 g/mol. The van der Waals surface area contributed by atoms with Crippen molar-refractivity contribution in [2.45, 2.75) is 52.6 Å². The van der Waals surface area contributed by atoms with Crippen LogP contribution in [0.15, 0.2) is 34.9 Å². The number of ether oxygens (including phenoxy) is 1. The van der Waals surface area contributed by atoms with Crippen LogP contribution in [0.5, 0.6) is 0 Å². The van der Waals surface area contributed by atoms with Gasteiger partial charge in [-0.15, -0.1) is 0 Å². The number of methoxy groups -OCH3 is 1. The van der Waals surface area contributed by atoms with Gasteiger partial charge in [0, 0.05) is 12.7 Å². The van der Waals surface area contributed by atoms with Crippen LogP contribution < -0.4 is 0 Å². The summed E-state index contributed by atoms with van der Waals surface area (Å²) in [5, 5.41) is 0. The van der Waals surface area contributed by atoms with E-state index in [9.17, 15) is 4.79 Å². The summed E-state index contributed by atoms with van der Waals surface area (Å²) in [6, 6.07) is 0. The third-order valence-corrected chi connectivity index (χ3v) is 3.87. The Hall–Kier alpha value is -1.15. The van der Waals surface area contributed by atoms with Gasteiger partial charge in [-0.1, -0.05) is 25.5 Å². The highest BCUT2D eigenvalue weighted by molar-refractivity contribution is 6.14. The second-order valence-corrected chi connectivity index (χ2v) is 5.16. The molecule has 0 saturated heterocycles. The van der Waals surface area contributed by atoms with Gasteiger partial charge in [-0.05, 0) is 50.8 Å². The van der Waals surface area contributed by atoms with Crippen molar-refractivity contribution in [3.05, 3.63) is 34.9 Å². The number of unbranched alkanes of at least 4 members (excludes halogenated alkanes) is 1. The van der Waals surface area contributed by atoms with Crippen molar-refractivity contribution in [1.29, 1.82) is 0 Å². The van der Waals surface area contributed by atoms with Crippen molar-refractivity contribution in [2.75, 3.05) is 7.11 Å². The van der Waals surface area contributed by atoms with E-state index in [2.05, 4.69) is 13.5 Å². The standard InChI is InChI=1S/C16H24O2/c1-7-8-9-13(11(2)3)10-14-12(4)16(5,18-6)15(14)17/h10H,2,7-9H2,1,3-6H3/b13-10+. The minimum atomic E-state index is -0.712. The smallest absolute Gasteiger partial charge is 0.198 e. The van der Waals surface area contributed by atoms with E-state index in [4.69, 9.17) is 4.74 Å². The van der Waals surface area contributed by atoms with Gasteiger partial charge in [0.2, 0.25) is 0 Å². The van der Waals surface area contributed by atoms with Crippen LogP contribution in [0, 0.1) is 0 Å². The Balaban J connectivity index is 3.01. The van der Waals surface area contributed by atoms with E-state index in [0.717, 1.165) is 36.0 Å². The molecule has 0 aliphatic heterocycles. The van der Waals surface area contributed by atoms with Crippen LogP contribution in [0.4, 0.5) is 0 Å². The molecule has 1 atom stereocenters. The molecule has 2 nitrogen and oxygen atoms in total. The molecule has 0 radical (unpaired) electrons. The first-order chi connectivity index (χ1) is 8.38. The first-order valence-electron chi connectivity index (χ1n) is 6.56. The Bertz CT molecular complexity index is 426. The third-order valence-electron chi connectivity index (χ3n) is 3.87. The zero-order valence-electron chi connectivity index (χ0n) is 12.2. The normalized spacial score (nSPS) is 24.3. The van der Waals surface area contributed by atoms with E-state index in [0.29, 0.717) is 0 Å². The monoisotopic (exact) mass is 248 g/mol. The van der Waals surface area contributed by atoms with E-state index in [-0.39, 0.29) is 5.78 Å². The maximum atomic E-state index is 12.1. The second kappa shape index (κ2) is 5.66. The first kappa shape index (κ1) is 14.9. The molecule has 1 aliphatic carbocycles. The Kier molecular flexibility index (Phi) is 4.69. The van der Waals surface area contributed by atoms with Crippen LogP contribution in [0.3, 0.4) is 0 Å². The molecule has 0 amide bonds. The molecule has 0 fully saturated rings. The molecule has 1 unspecified atom stereocenters. The van der Waals surface area contributed by atoms with Crippen molar-refractivity contribution in [2.24, 2.45) is 0 Å². The molecule has 0 N–H and O–H groups in total. The number of carbonyl (C=O) groups is 1. The minimum Gasteiger partial charge on any atom is -0.366 e. The molecule has 18 heavy (non-hydrogen) atoms. The molecule has 0 aromatic carbocycles. The number of ketones is 1. The molecule has 0 aromatic rings. The highest BCUT2D eigenvalue weighted by Gasteiger charge is 2.47. The fourth-order valence-corrected chi connectivity index (χ4v) is 2.16. The molecular formula is C16H24O2. The van der Waals surface area contributed by atoms with Crippen molar-refractivity contribution in [1.82, 2.24) is 0 Å². The zero-order chi connectivity index (χ0) is 13.9. The van der Waals surface area contributed by atoms with Crippen LogP contribution in [0.1, 0.15) is 47.0 Å². The lowest BCUT2D eigenvalue weighted by Crippen LogP contribution is -2.48. The highest BCUT2D eigenvalue weighted by Crippen LogP contribution is 2.39. The van der Waals surface area contributed by atoms with Crippen LogP contribution in [-0.2, 0) is 9.53 Å². The largest absolute Gasteiger partial charge is 0.366 e. The fraction of sp³-hybridized carbons (Fsp3) is 0.562. The molecule has 0 heterocycles. The lowest BCUT2D eigenvalue weighted by molar-refractivity contribution is -0.134. The molecule has 2 heteroatoms. The minimum absolute atomic E-state index is 0.0812. The van der Waals surface area contributed by atoms with Crippen LogP contribution in [0.2, 0.25) is 0 Å². The Morgan fingerprint density at radius 2 is 2.11 bits per heavy atom. The summed E-state index contributed by atoms with van der Waals surface area (Å²) >= 11 is 0. The summed E-state index contributed by atoms with van der Waals surface area (Å²) in [6.45, 7) is 11.9. The van der Waals surface area contributed by atoms with Crippen molar-refractivity contribution in [3.63, 3.8) is 0 Å². The Labute approximate surface area is 110 Å². The molecule has 0 aromatic heterocycles. The zero-order valence-corrected chi connectivity index (χ0v) is 12.2. The maximum absolute atomic E-state index is 12.1. The van der Waals surface area contributed by atoms with E-state index in [1.54, 1.807) is 7.11 Å². The molecule has 0 spiro atoms. The third kappa shape index (κ3) is 2.49. The van der Waals surface area contributed by atoms with Crippen molar-refractivity contribution in [3.8, 4) is 0 Å². The van der Waals surface area contributed by atoms with Gasteiger partial charge in [-0.25, -0.2) is 0 Å². The summed E-state index contributed by atoms with van der Waals surface area (Å²) in [4.78, 5) is 12.1. The number of hydrogen-bond donors (Lipinski definition) is 0. The van der Waals surface area contributed by atoms with Crippen molar-refractivity contribution < 1.29 is 9.53 Å². The molecule has 0 bridgehead atoms. The van der Waals surface area contributed by atoms with Gasteiger partial charge in [0.25, 0.3) is 0 Å². The van der Waals surface area contributed by atoms with Gasteiger partial charge in [-0.3, -0.25) is 4.79 Å². The van der Waals surface area contributed by atoms with Crippen LogP contribution in [0.25, 0.3) is 0 Å². The number of hydrogen-bond acceptors (Lipinski definition) is 2. The molecule has 1 aliphatic rings. The topological polar surface area (TPSA) is 26.3 Å². The Morgan fingerprint density at radius 3 is 2.50 bits per heavy atom. The summed E-state index contributed by atoms with van der Waals surface area (Å²) in [5.74, 6) is 0.0812. The average Bonchev–Trinajstić information content (AvgIpc) is 2.36. The second-order valence-electron chi connectivity index (χ2n) is 5.16. The molecule has 0 saturated carbocycles. The van der Waals surface area contributed by atoms with Crippen LogP contribution >= 0.6 is 0 Å². The van der Waals surface area contributed by atoms with E-state index < -0.39 is 5.60 Å². The molecular weight excluding hydrogens is 224 g/mol. The summed E-state index contributed by atoms with van der Waals surface area (Å²) < 4.78 is 5.29. The summed E-state index contributed by atoms with van der Waals surface area (Å²) in [7, 11) is 1.58. The number of Topliss-reactive ketones (excluding diaryl/α,β-unsaturated/α-hetero) is 1. The summed E-state index contributed by atoms with van der Waals surface area (Å²) in [6.07, 6.45) is 5.25. The van der Waals surface area contributed by atoms with Gasteiger partial charge < -0.3 is 4.74 Å².